The number of anilines is 1. The highest BCUT2D eigenvalue weighted by Gasteiger charge is 2.17. The monoisotopic (exact) mass is 377 g/mol. The van der Waals surface area contributed by atoms with Gasteiger partial charge in [0.1, 0.15) is 0 Å². The summed E-state index contributed by atoms with van der Waals surface area (Å²) >= 11 is 0. The second-order valence-corrected chi connectivity index (χ2v) is 6.74. The third-order valence-electron chi connectivity index (χ3n) is 4.49. The highest BCUT2D eigenvalue weighted by molar-refractivity contribution is 5.96. The van der Waals surface area contributed by atoms with Gasteiger partial charge in [-0.25, -0.2) is 9.48 Å². The Balaban J connectivity index is 1.67. The summed E-state index contributed by atoms with van der Waals surface area (Å²) in [5, 5.41) is 7.29. The molecule has 3 rings (SSSR count). The zero-order valence-electron chi connectivity index (χ0n) is 16.4. The Bertz CT molecular complexity index is 1020. The van der Waals surface area contributed by atoms with Gasteiger partial charge in [-0.2, -0.15) is 5.10 Å². The largest absolute Gasteiger partial charge is 0.452 e. The molecule has 0 aliphatic heterocycles. The Morgan fingerprint density at radius 3 is 2.43 bits per heavy atom. The average Bonchev–Trinajstić information content (AvgIpc) is 2.95. The Morgan fingerprint density at radius 1 is 1.04 bits per heavy atom. The molecule has 1 heterocycles. The summed E-state index contributed by atoms with van der Waals surface area (Å²) < 4.78 is 6.95. The van der Waals surface area contributed by atoms with Crippen molar-refractivity contribution in [2.75, 3.05) is 11.9 Å². The van der Waals surface area contributed by atoms with Crippen molar-refractivity contribution in [3.05, 3.63) is 76.6 Å². The quantitative estimate of drug-likeness (QED) is 0.685. The van der Waals surface area contributed by atoms with Gasteiger partial charge in [-0.3, -0.25) is 4.79 Å². The zero-order valence-corrected chi connectivity index (χ0v) is 16.4. The summed E-state index contributed by atoms with van der Waals surface area (Å²) in [5.74, 6) is -0.919. The molecule has 1 amide bonds. The maximum absolute atomic E-state index is 12.3. The molecule has 6 heteroatoms. The van der Waals surface area contributed by atoms with E-state index in [4.69, 9.17) is 4.74 Å². The summed E-state index contributed by atoms with van der Waals surface area (Å²) in [6.45, 7) is 7.14. The second kappa shape index (κ2) is 8.08. The van der Waals surface area contributed by atoms with Crippen LogP contribution in [0.5, 0.6) is 0 Å². The number of hydrogen-bond acceptors (Lipinski definition) is 4. The van der Waals surface area contributed by atoms with E-state index in [-0.39, 0.29) is 6.61 Å². The van der Waals surface area contributed by atoms with Gasteiger partial charge in [-0.05, 0) is 51.5 Å². The number of esters is 1. The number of aromatic nitrogens is 2. The van der Waals surface area contributed by atoms with Gasteiger partial charge < -0.3 is 10.1 Å². The lowest BCUT2D eigenvalue weighted by Crippen LogP contribution is -2.22. The van der Waals surface area contributed by atoms with Crippen molar-refractivity contribution in [1.82, 2.24) is 9.78 Å². The molecule has 0 aliphatic carbocycles. The molecule has 0 atom stereocenters. The number of carbonyl (C=O) groups is 2. The summed E-state index contributed by atoms with van der Waals surface area (Å²) in [6, 6.07) is 15.1. The minimum absolute atomic E-state index is 0.360. The van der Waals surface area contributed by atoms with Crippen molar-refractivity contribution in [3.8, 4) is 5.69 Å². The van der Waals surface area contributed by atoms with Crippen LogP contribution in [0.2, 0.25) is 0 Å². The van der Waals surface area contributed by atoms with E-state index in [0.717, 1.165) is 22.5 Å². The van der Waals surface area contributed by atoms with Gasteiger partial charge in [-0.1, -0.05) is 35.9 Å². The second-order valence-electron chi connectivity index (χ2n) is 6.74. The van der Waals surface area contributed by atoms with Crippen molar-refractivity contribution >= 4 is 17.6 Å². The molecule has 3 aromatic rings. The number of amides is 1. The van der Waals surface area contributed by atoms with Crippen molar-refractivity contribution < 1.29 is 14.3 Å². The minimum Gasteiger partial charge on any atom is -0.452 e. The Hall–Kier alpha value is -3.41. The van der Waals surface area contributed by atoms with Crippen LogP contribution in [0.1, 0.15) is 32.9 Å². The average molecular weight is 377 g/mol. The van der Waals surface area contributed by atoms with Crippen LogP contribution in [0.15, 0.2) is 48.5 Å². The number of carbonyl (C=O) groups excluding carboxylic acids is 2. The van der Waals surface area contributed by atoms with Gasteiger partial charge in [-0.15, -0.1) is 0 Å². The lowest BCUT2D eigenvalue weighted by Gasteiger charge is -2.09. The zero-order chi connectivity index (χ0) is 20.3. The highest BCUT2D eigenvalue weighted by atomic mass is 16.5. The summed E-state index contributed by atoms with van der Waals surface area (Å²) in [4.78, 5) is 24.6. The van der Waals surface area contributed by atoms with E-state index in [2.05, 4.69) is 10.4 Å². The first kappa shape index (κ1) is 19.4. The molecule has 0 fully saturated rings. The number of nitrogens with zero attached hydrogens (tertiary/aromatic N) is 2. The van der Waals surface area contributed by atoms with Gasteiger partial charge in [0.15, 0.2) is 6.61 Å². The van der Waals surface area contributed by atoms with E-state index in [1.165, 1.54) is 0 Å². The first-order chi connectivity index (χ1) is 13.4. The van der Waals surface area contributed by atoms with E-state index in [0.29, 0.717) is 16.9 Å². The number of ether oxygens (including phenoxy) is 1. The molecule has 144 valence electrons. The molecule has 1 aromatic heterocycles. The van der Waals surface area contributed by atoms with E-state index in [1.54, 1.807) is 10.7 Å². The number of benzene rings is 2. The first-order valence-corrected chi connectivity index (χ1v) is 9.02. The maximum Gasteiger partial charge on any atom is 0.338 e. The number of rotatable bonds is 5. The van der Waals surface area contributed by atoms with Crippen molar-refractivity contribution in [3.63, 3.8) is 0 Å². The standard InChI is InChI=1S/C22H23N3O3/c1-14-10-11-19(15(2)12-14)22(27)28-13-20(26)23-21-16(3)24-25(17(21)4)18-8-6-5-7-9-18/h5-12H,13H2,1-4H3,(H,23,26). The Labute approximate surface area is 164 Å². The molecule has 28 heavy (non-hydrogen) atoms. The van der Waals surface area contributed by atoms with Gasteiger partial charge in [0.25, 0.3) is 5.91 Å². The SMILES string of the molecule is Cc1ccc(C(=O)OCC(=O)Nc2c(C)nn(-c3ccccc3)c2C)c(C)c1. The number of para-hydroxylation sites is 1. The lowest BCUT2D eigenvalue weighted by molar-refractivity contribution is -0.119. The van der Waals surface area contributed by atoms with Crippen LogP contribution in [0.25, 0.3) is 5.69 Å². The van der Waals surface area contributed by atoms with Crippen molar-refractivity contribution in [1.29, 1.82) is 0 Å². The normalized spacial score (nSPS) is 10.6. The molecule has 0 aliphatic rings. The summed E-state index contributed by atoms with van der Waals surface area (Å²) in [6.07, 6.45) is 0. The molecule has 0 saturated heterocycles. The van der Waals surface area contributed by atoms with E-state index < -0.39 is 11.9 Å². The molecular weight excluding hydrogens is 354 g/mol. The third kappa shape index (κ3) is 4.11. The topological polar surface area (TPSA) is 73.2 Å². The van der Waals surface area contributed by atoms with Crippen LogP contribution < -0.4 is 5.32 Å². The molecule has 0 bridgehead atoms. The Morgan fingerprint density at radius 2 is 1.75 bits per heavy atom. The Kier molecular flexibility index (Phi) is 5.59. The van der Waals surface area contributed by atoms with Gasteiger partial charge in [0.2, 0.25) is 0 Å². The van der Waals surface area contributed by atoms with Crippen LogP contribution in [0.3, 0.4) is 0 Å². The first-order valence-electron chi connectivity index (χ1n) is 9.02. The summed E-state index contributed by atoms with van der Waals surface area (Å²) in [7, 11) is 0. The highest BCUT2D eigenvalue weighted by Crippen LogP contribution is 2.22. The van der Waals surface area contributed by atoms with Gasteiger partial charge >= 0.3 is 5.97 Å². The minimum atomic E-state index is -0.513. The van der Waals surface area contributed by atoms with Crippen LogP contribution in [0.4, 0.5) is 5.69 Å². The fraction of sp³-hybridized carbons (Fsp3) is 0.227. The van der Waals surface area contributed by atoms with Gasteiger partial charge in [0.05, 0.1) is 28.3 Å². The number of nitrogens with one attached hydrogen (secondary N) is 1. The van der Waals surface area contributed by atoms with E-state index in [1.807, 2.05) is 70.2 Å². The van der Waals surface area contributed by atoms with E-state index >= 15 is 0 Å². The lowest BCUT2D eigenvalue weighted by atomic mass is 10.1. The predicted octanol–water partition coefficient (Wildman–Crippen LogP) is 3.90. The molecule has 2 aromatic carbocycles. The van der Waals surface area contributed by atoms with Crippen molar-refractivity contribution in [2.45, 2.75) is 27.7 Å². The smallest absolute Gasteiger partial charge is 0.338 e. The van der Waals surface area contributed by atoms with Crippen LogP contribution in [0, 0.1) is 27.7 Å². The fourth-order valence-electron chi connectivity index (χ4n) is 3.07. The molecule has 0 unspecified atom stereocenters. The maximum atomic E-state index is 12.3. The number of hydrogen-bond donors (Lipinski definition) is 1. The molecular formula is C22H23N3O3. The predicted molar refractivity (Wildman–Crippen MR) is 108 cm³/mol. The van der Waals surface area contributed by atoms with Crippen LogP contribution in [-0.4, -0.2) is 28.3 Å². The van der Waals surface area contributed by atoms with Crippen LogP contribution >= 0.6 is 0 Å². The van der Waals surface area contributed by atoms with E-state index in [9.17, 15) is 9.59 Å². The van der Waals surface area contributed by atoms with Gasteiger partial charge in [0, 0.05) is 0 Å². The fourth-order valence-corrected chi connectivity index (χ4v) is 3.07. The molecule has 0 saturated carbocycles. The molecule has 0 spiro atoms. The summed E-state index contributed by atoms with van der Waals surface area (Å²) in [5.41, 5.74) is 5.37. The van der Waals surface area contributed by atoms with Crippen LogP contribution in [-0.2, 0) is 9.53 Å². The third-order valence-corrected chi connectivity index (χ3v) is 4.49. The molecule has 1 N–H and O–H groups in total. The molecule has 0 radical (unpaired) electrons. The number of aryl methyl sites for hydroxylation is 3. The molecule has 6 nitrogen and oxygen atoms in total. The van der Waals surface area contributed by atoms with Crippen molar-refractivity contribution in [2.24, 2.45) is 0 Å².